The second-order valence-corrected chi connectivity index (χ2v) is 12.2. The van der Waals surface area contributed by atoms with E-state index in [2.05, 4.69) is 11.4 Å². The number of amides is 2. The highest BCUT2D eigenvalue weighted by Gasteiger charge is 2.52. The van der Waals surface area contributed by atoms with Gasteiger partial charge in [0.05, 0.1) is 10.9 Å². The SMILES string of the molecule is CC(=O)c1ccc(-c2ccc(CC(C#N)NC(=O)C3C4CCC(C4)N3C(=O)OC(C)(C)C)s2)s1. The van der Waals surface area contributed by atoms with E-state index in [1.54, 1.807) is 23.2 Å². The number of hydrogen-bond donors (Lipinski definition) is 1. The number of carbonyl (C=O) groups is 3. The number of carbonyl (C=O) groups excluding carboxylic acids is 3. The number of rotatable bonds is 6. The molecule has 2 aromatic rings. The number of likely N-dealkylation sites (tertiary alicyclic amines) is 1. The summed E-state index contributed by atoms with van der Waals surface area (Å²) in [6.07, 6.45) is 2.49. The maximum atomic E-state index is 13.2. The summed E-state index contributed by atoms with van der Waals surface area (Å²) in [5.74, 6) is -0.147. The first kappa shape index (κ1) is 24.4. The summed E-state index contributed by atoms with van der Waals surface area (Å²) >= 11 is 3.00. The average molecular weight is 500 g/mol. The molecule has 2 amide bonds. The third-order valence-electron chi connectivity index (χ3n) is 6.19. The quantitative estimate of drug-likeness (QED) is 0.563. The van der Waals surface area contributed by atoms with Crippen LogP contribution in [0.4, 0.5) is 4.79 Å². The molecule has 1 aliphatic carbocycles. The highest BCUT2D eigenvalue weighted by Crippen LogP contribution is 2.43. The molecule has 4 atom stereocenters. The summed E-state index contributed by atoms with van der Waals surface area (Å²) in [7, 11) is 0. The Morgan fingerprint density at radius 1 is 1.18 bits per heavy atom. The summed E-state index contributed by atoms with van der Waals surface area (Å²) in [6.45, 7) is 6.99. The second-order valence-electron chi connectivity index (χ2n) is 9.94. The zero-order chi connectivity index (χ0) is 24.6. The van der Waals surface area contributed by atoms with E-state index in [1.807, 2.05) is 45.0 Å². The zero-order valence-electron chi connectivity index (χ0n) is 19.8. The van der Waals surface area contributed by atoms with Crippen molar-refractivity contribution in [3.63, 3.8) is 0 Å². The second kappa shape index (κ2) is 9.51. The number of nitriles is 1. The van der Waals surface area contributed by atoms with Crippen LogP contribution in [-0.4, -0.2) is 46.4 Å². The Morgan fingerprint density at radius 2 is 1.88 bits per heavy atom. The van der Waals surface area contributed by atoms with Gasteiger partial charge >= 0.3 is 6.09 Å². The normalized spacial score (nSPS) is 22.3. The number of nitrogens with one attached hydrogen (secondary N) is 1. The van der Waals surface area contributed by atoms with E-state index in [0.717, 1.165) is 33.9 Å². The van der Waals surface area contributed by atoms with Gasteiger partial charge in [0.2, 0.25) is 5.91 Å². The fourth-order valence-corrected chi connectivity index (χ4v) is 6.81. The third kappa shape index (κ3) is 5.18. The molecule has 2 aromatic heterocycles. The van der Waals surface area contributed by atoms with Crippen LogP contribution in [0.1, 0.15) is 61.5 Å². The van der Waals surface area contributed by atoms with Crippen LogP contribution in [0.25, 0.3) is 9.75 Å². The van der Waals surface area contributed by atoms with Crippen molar-refractivity contribution in [2.45, 2.75) is 77.1 Å². The Balaban J connectivity index is 1.42. The first-order chi connectivity index (χ1) is 16.1. The molecule has 4 rings (SSSR count). The number of thiophene rings is 2. The molecule has 1 saturated carbocycles. The molecule has 34 heavy (non-hydrogen) atoms. The number of Topliss-reactive ketones (excluding diaryl/α,β-unsaturated/α-hetero) is 1. The average Bonchev–Trinajstić information content (AvgIpc) is 3.54. The molecule has 2 aliphatic rings. The lowest BCUT2D eigenvalue weighted by Gasteiger charge is -2.35. The number of ether oxygens (including phenoxy) is 1. The maximum absolute atomic E-state index is 13.2. The highest BCUT2D eigenvalue weighted by atomic mass is 32.1. The van der Waals surface area contributed by atoms with Crippen LogP contribution in [0.2, 0.25) is 0 Å². The van der Waals surface area contributed by atoms with E-state index in [1.165, 1.54) is 11.3 Å². The van der Waals surface area contributed by atoms with Gasteiger partial charge in [0.1, 0.15) is 17.7 Å². The summed E-state index contributed by atoms with van der Waals surface area (Å²) in [5.41, 5.74) is -0.639. The summed E-state index contributed by atoms with van der Waals surface area (Å²) in [5, 5.41) is 12.6. The molecule has 4 unspecified atom stereocenters. The van der Waals surface area contributed by atoms with E-state index in [0.29, 0.717) is 11.3 Å². The minimum absolute atomic E-state index is 0.0154. The maximum Gasteiger partial charge on any atom is 0.411 e. The fourth-order valence-electron chi connectivity index (χ4n) is 4.77. The van der Waals surface area contributed by atoms with E-state index in [9.17, 15) is 19.6 Å². The smallest absolute Gasteiger partial charge is 0.411 e. The van der Waals surface area contributed by atoms with Crippen LogP contribution in [0, 0.1) is 17.2 Å². The highest BCUT2D eigenvalue weighted by molar-refractivity contribution is 7.23. The molecule has 1 N–H and O–H groups in total. The molecule has 3 heterocycles. The van der Waals surface area contributed by atoms with E-state index < -0.39 is 23.8 Å². The van der Waals surface area contributed by atoms with Gasteiger partial charge in [0.25, 0.3) is 0 Å². The van der Waals surface area contributed by atoms with Crippen LogP contribution in [-0.2, 0) is 16.0 Å². The summed E-state index contributed by atoms with van der Waals surface area (Å²) in [4.78, 5) is 43.0. The minimum Gasteiger partial charge on any atom is -0.444 e. The summed E-state index contributed by atoms with van der Waals surface area (Å²) in [6, 6.07) is 8.60. The van der Waals surface area contributed by atoms with Gasteiger partial charge in [-0.3, -0.25) is 14.5 Å². The monoisotopic (exact) mass is 499 g/mol. The molecule has 2 fully saturated rings. The van der Waals surface area contributed by atoms with Crippen LogP contribution in [0.3, 0.4) is 0 Å². The molecule has 180 valence electrons. The molecule has 0 spiro atoms. The Bertz CT molecular complexity index is 1140. The molecule has 1 saturated heterocycles. The first-order valence-corrected chi connectivity index (χ1v) is 13.1. The Morgan fingerprint density at radius 3 is 2.53 bits per heavy atom. The van der Waals surface area contributed by atoms with Gasteiger partial charge < -0.3 is 10.1 Å². The molecule has 0 radical (unpaired) electrons. The van der Waals surface area contributed by atoms with Crippen molar-refractivity contribution in [2.24, 2.45) is 5.92 Å². The van der Waals surface area contributed by atoms with Gasteiger partial charge in [-0.1, -0.05) is 0 Å². The Labute approximate surface area is 207 Å². The lowest BCUT2D eigenvalue weighted by atomic mass is 9.97. The predicted octanol–water partition coefficient (Wildman–Crippen LogP) is 5.02. The van der Waals surface area contributed by atoms with Crippen LogP contribution in [0.5, 0.6) is 0 Å². The number of hydrogen-bond acceptors (Lipinski definition) is 7. The van der Waals surface area contributed by atoms with Crippen molar-refractivity contribution in [3.05, 3.63) is 34.0 Å². The summed E-state index contributed by atoms with van der Waals surface area (Å²) < 4.78 is 5.57. The van der Waals surface area contributed by atoms with Crippen molar-refractivity contribution in [2.75, 3.05) is 0 Å². The number of ketones is 1. The zero-order valence-corrected chi connectivity index (χ0v) is 21.4. The standard InChI is InChI=1S/C25H29N3O4S2/c1-14(29)19-9-10-21(34-19)20-8-7-18(33-20)12-16(13-26)27-23(30)22-15-5-6-17(11-15)28(22)24(31)32-25(2,3)4/h7-10,15-17,22H,5-6,11-12H2,1-4H3,(H,27,30). The molecule has 1 aliphatic heterocycles. The van der Waals surface area contributed by atoms with Crippen LogP contribution < -0.4 is 5.32 Å². The van der Waals surface area contributed by atoms with E-state index >= 15 is 0 Å². The topological polar surface area (TPSA) is 99.5 Å². The van der Waals surface area contributed by atoms with Crippen LogP contribution >= 0.6 is 22.7 Å². The van der Waals surface area contributed by atoms with Crippen molar-refractivity contribution < 1.29 is 19.1 Å². The predicted molar refractivity (Wildman–Crippen MR) is 132 cm³/mol. The van der Waals surface area contributed by atoms with Crippen LogP contribution in [0.15, 0.2) is 24.3 Å². The van der Waals surface area contributed by atoms with Crippen molar-refractivity contribution in [1.29, 1.82) is 5.26 Å². The first-order valence-electron chi connectivity index (χ1n) is 11.5. The molecule has 9 heteroatoms. The van der Waals surface area contributed by atoms with Crippen molar-refractivity contribution in [3.8, 4) is 15.8 Å². The number of piperidine rings is 1. The van der Waals surface area contributed by atoms with Gasteiger partial charge in [0, 0.05) is 27.1 Å². The van der Waals surface area contributed by atoms with Gasteiger partial charge in [-0.05, 0) is 77.1 Å². The van der Waals surface area contributed by atoms with Gasteiger partial charge in [-0.2, -0.15) is 5.26 Å². The third-order valence-corrected chi connectivity index (χ3v) is 8.68. The molecule has 2 bridgehead atoms. The molecular weight excluding hydrogens is 470 g/mol. The lowest BCUT2D eigenvalue weighted by molar-refractivity contribution is -0.128. The number of fused-ring (bicyclic) bond motifs is 2. The molecule has 0 aromatic carbocycles. The lowest BCUT2D eigenvalue weighted by Crippen LogP contribution is -2.55. The largest absolute Gasteiger partial charge is 0.444 e. The fraction of sp³-hybridized carbons (Fsp3) is 0.520. The number of nitrogens with zero attached hydrogens (tertiary/aromatic N) is 2. The van der Waals surface area contributed by atoms with E-state index in [4.69, 9.17) is 4.74 Å². The minimum atomic E-state index is -0.699. The van der Waals surface area contributed by atoms with Crippen molar-refractivity contribution in [1.82, 2.24) is 10.2 Å². The molecular formula is C25H29N3O4S2. The van der Waals surface area contributed by atoms with Gasteiger partial charge in [-0.15, -0.1) is 22.7 Å². The van der Waals surface area contributed by atoms with E-state index in [-0.39, 0.29) is 23.7 Å². The van der Waals surface area contributed by atoms with Crippen molar-refractivity contribution >= 4 is 40.5 Å². The molecule has 7 nitrogen and oxygen atoms in total. The van der Waals surface area contributed by atoms with Gasteiger partial charge in [-0.25, -0.2) is 4.79 Å². The van der Waals surface area contributed by atoms with Gasteiger partial charge in [0.15, 0.2) is 5.78 Å². The Hall–Kier alpha value is -2.70. The Kier molecular flexibility index (Phi) is 6.83.